The fourth-order valence-corrected chi connectivity index (χ4v) is 5.65. The van der Waals surface area contributed by atoms with Gasteiger partial charge in [0.15, 0.2) is 6.10 Å². The van der Waals surface area contributed by atoms with Crippen molar-refractivity contribution >= 4 is 17.9 Å². The normalized spacial score (nSPS) is 13.3. The van der Waals surface area contributed by atoms with E-state index in [2.05, 4.69) is 93.7 Å². The first kappa shape index (κ1) is 55.5. The van der Waals surface area contributed by atoms with Crippen LogP contribution in [0.15, 0.2) is 134 Å². The average Bonchev–Trinajstić information content (AvgIpc) is 3.24. The highest BCUT2D eigenvalue weighted by atomic mass is 16.6. The highest BCUT2D eigenvalue weighted by molar-refractivity contribution is 5.71. The summed E-state index contributed by atoms with van der Waals surface area (Å²) in [6, 6.07) is 0. The Kier molecular flexibility index (Phi) is 43.7. The Balaban J connectivity index is 4.57. The summed E-state index contributed by atoms with van der Waals surface area (Å²) >= 11 is 0. The van der Waals surface area contributed by atoms with Crippen molar-refractivity contribution < 1.29 is 28.6 Å². The van der Waals surface area contributed by atoms with Crippen molar-refractivity contribution in [3.63, 3.8) is 0 Å². The van der Waals surface area contributed by atoms with E-state index in [-0.39, 0.29) is 37.5 Å². The third-order valence-corrected chi connectivity index (χ3v) is 9.07. The molecule has 0 radical (unpaired) electrons. The van der Waals surface area contributed by atoms with E-state index in [1.807, 2.05) is 60.8 Å². The molecule has 0 aromatic carbocycles. The summed E-state index contributed by atoms with van der Waals surface area (Å²) in [7, 11) is 0. The van der Waals surface area contributed by atoms with E-state index in [1.165, 1.54) is 0 Å². The largest absolute Gasteiger partial charge is 0.462 e. The van der Waals surface area contributed by atoms with Crippen molar-refractivity contribution in [1.29, 1.82) is 0 Å². The van der Waals surface area contributed by atoms with E-state index < -0.39 is 6.10 Å². The van der Waals surface area contributed by atoms with Crippen LogP contribution in [0.1, 0.15) is 168 Å². The molecule has 1 atom stereocenters. The molecule has 0 fully saturated rings. The molecule has 0 heterocycles. The molecule has 0 spiro atoms. The van der Waals surface area contributed by atoms with Gasteiger partial charge in [-0.2, -0.15) is 0 Å². The molecule has 0 rings (SSSR count). The number of unbranched alkanes of at least 4 members (excludes halogenated alkanes) is 12. The number of allylic oxidation sites excluding steroid dienone is 22. The van der Waals surface area contributed by atoms with Gasteiger partial charge < -0.3 is 14.2 Å². The first-order valence-electron chi connectivity index (χ1n) is 23.3. The monoisotopic (exact) mass is 827 g/mol. The van der Waals surface area contributed by atoms with Crippen molar-refractivity contribution in [1.82, 2.24) is 0 Å². The van der Waals surface area contributed by atoms with Gasteiger partial charge in [0.2, 0.25) is 0 Å². The Labute approximate surface area is 366 Å². The van der Waals surface area contributed by atoms with Crippen molar-refractivity contribution in [3.8, 4) is 0 Å². The van der Waals surface area contributed by atoms with Gasteiger partial charge in [-0.15, -0.1) is 0 Å². The second-order valence-electron chi connectivity index (χ2n) is 14.7. The predicted octanol–water partition coefficient (Wildman–Crippen LogP) is 15.1. The molecular formula is C54H82O6. The maximum Gasteiger partial charge on any atom is 0.306 e. The molecule has 0 saturated heterocycles. The quantitative estimate of drug-likeness (QED) is 0.0202. The Morgan fingerprint density at radius 2 is 0.683 bits per heavy atom. The van der Waals surface area contributed by atoms with Crippen LogP contribution < -0.4 is 0 Å². The standard InChI is InChI=1S/C54H82O6/c1-4-7-10-13-16-19-22-25-27-30-32-35-38-41-44-47-53(56)59-50-51(49-58-52(55)46-43-40-37-34-31-28-24-21-18-15-12-9-6-3)60-54(57)48-45-42-39-36-33-29-26-23-20-17-14-11-8-5-2/h7-13,15-22,24-29,31,51H,4-6,14,23,30,32-50H2,1-3H3/b10-7+,11-8+,12-9+,16-13+,18-15+,20-17+,22-19+,24-21+,27-25+,29-26+,31-28+. The molecule has 0 aliphatic heterocycles. The fraction of sp³-hybridized carbons (Fsp3) is 0.537. The smallest absolute Gasteiger partial charge is 0.306 e. The molecule has 6 nitrogen and oxygen atoms in total. The van der Waals surface area contributed by atoms with Crippen molar-refractivity contribution in [2.24, 2.45) is 0 Å². The van der Waals surface area contributed by atoms with E-state index >= 15 is 0 Å². The zero-order valence-electron chi connectivity index (χ0n) is 37.9. The molecule has 60 heavy (non-hydrogen) atoms. The third-order valence-electron chi connectivity index (χ3n) is 9.07. The van der Waals surface area contributed by atoms with E-state index in [0.717, 1.165) is 128 Å². The zero-order valence-corrected chi connectivity index (χ0v) is 37.9. The average molecular weight is 827 g/mol. The van der Waals surface area contributed by atoms with E-state index in [0.29, 0.717) is 12.8 Å². The number of ether oxygens (including phenoxy) is 3. The molecule has 0 N–H and O–H groups in total. The van der Waals surface area contributed by atoms with Crippen molar-refractivity contribution in [2.45, 2.75) is 175 Å². The molecule has 334 valence electrons. The Morgan fingerprint density at radius 3 is 1.15 bits per heavy atom. The SMILES string of the molecule is CC/C=C/C=C/C=C/C=C/CCCCCCCC(=O)OCC(COC(=O)CCCCC/C=C/C=C/C=C/C=C/CC)OC(=O)CCCCCC/C=C/C/C=C/C/C=C/CC. The lowest BCUT2D eigenvalue weighted by molar-refractivity contribution is -0.167. The van der Waals surface area contributed by atoms with Crippen LogP contribution >= 0.6 is 0 Å². The highest BCUT2D eigenvalue weighted by Crippen LogP contribution is 2.12. The number of esters is 3. The highest BCUT2D eigenvalue weighted by Gasteiger charge is 2.19. The molecule has 0 aromatic heterocycles. The van der Waals surface area contributed by atoms with Gasteiger partial charge in [0.25, 0.3) is 0 Å². The molecule has 6 heteroatoms. The summed E-state index contributed by atoms with van der Waals surface area (Å²) in [5, 5.41) is 0. The number of carbonyl (C=O) groups is 3. The van der Waals surface area contributed by atoms with Gasteiger partial charge in [-0.1, -0.05) is 193 Å². The van der Waals surface area contributed by atoms with Gasteiger partial charge >= 0.3 is 17.9 Å². The number of carbonyl (C=O) groups excluding carboxylic acids is 3. The molecule has 0 aromatic rings. The van der Waals surface area contributed by atoms with Crippen LogP contribution in [0.5, 0.6) is 0 Å². The van der Waals surface area contributed by atoms with Crippen LogP contribution in [-0.2, 0) is 28.6 Å². The molecule has 0 aliphatic carbocycles. The van der Waals surface area contributed by atoms with E-state index in [4.69, 9.17) is 14.2 Å². The van der Waals surface area contributed by atoms with Gasteiger partial charge in [0.1, 0.15) is 13.2 Å². The maximum atomic E-state index is 12.7. The Hall–Kier alpha value is -4.45. The minimum atomic E-state index is -0.820. The van der Waals surface area contributed by atoms with Gasteiger partial charge in [-0.05, 0) is 89.9 Å². The van der Waals surface area contributed by atoms with Crippen molar-refractivity contribution in [2.75, 3.05) is 13.2 Å². The zero-order chi connectivity index (χ0) is 43.7. The van der Waals surface area contributed by atoms with Gasteiger partial charge in [-0.3, -0.25) is 14.4 Å². The molecule has 0 bridgehead atoms. The summed E-state index contributed by atoms with van der Waals surface area (Å²) in [6.45, 7) is 6.13. The Bertz CT molecular complexity index is 1370. The number of hydrogen-bond donors (Lipinski definition) is 0. The molecule has 1 unspecified atom stereocenters. The summed E-state index contributed by atoms with van der Waals surface area (Å²) < 4.78 is 16.7. The minimum absolute atomic E-state index is 0.118. The minimum Gasteiger partial charge on any atom is -0.462 e. The summed E-state index contributed by atoms with van der Waals surface area (Å²) in [5.74, 6) is -1.02. The summed E-state index contributed by atoms with van der Waals surface area (Å²) in [6.07, 6.45) is 65.7. The van der Waals surface area contributed by atoms with E-state index in [9.17, 15) is 14.4 Å². The second kappa shape index (κ2) is 47.2. The van der Waals surface area contributed by atoms with Crippen LogP contribution in [0, 0.1) is 0 Å². The number of rotatable bonds is 39. The second-order valence-corrected chi connectivity index (χ2v) is 14.7. The topological polar surface area (TPSA) is 78.9 Å². The summed E-state index contributed by atoms with van der Waals surface area (Å²) in [5.41, 5.74) is 0. The lowest BCUT2D eigenvalue weighted by Gasteiger charge is -2.18. The van der Waals surface area contributed by atoms with Crippen LogP contribution in [0.4, 0.5) is 0 Å². The van der Waals surface area contributed by atoms with Crippen molar-refractivity contribution in [3.05, 3.63) is 134 Å². The lowest BCUT2D eigenvalue weighted by atomic mass is 10.1. The molecule has 0 saturated carbocycles. The summed E-state index contributed by atoms with van der Waals surface area (Å²) in [4.78, 5) is 37.8. The third kappa shape index (κ3) is 44.6. The number of hydrogen-bond acceptors (Lipinski definition) is 6. The first-order chi connectivity index (χ1) is 29.5. The van der Waals surface area contributed by atoms with Gasteiger partial charge in [-0.25, -0.2) is 0 Å². The van der Waals surface area contributed by atoms with E-state index in [1.54, 1.807) is 0 Å². The van der Waals surface area contributed by atoms with Crippen LogP contribution in [0.2, 0.25) is 0 Å². The Morgan fingerprint density at radius 1 is 0.350 bits per heavy atom. The predicted molar refractivity (Wildman–Crippen MR) is 256 cm³/mol. The maximum absolute atomic E-state index is 12.7. The van der Waals surface area contributed by atoms with Gasteiger partial charge in [0.05, 0.1) is 0 Å². The fourth-order valence-electron chi connectivity index (χ4n) is 5.65. The molecule has 0 aliphatic rings. The molecule has 0 amide bonds. The van der Waals surface area contributed by atoms with Crippen LogP contribution in [0.25, 0.3) is 0 Å². The van der Waals surface area contributed by atoms with Crippen LogP contribution in [0.3, 0.4) is 0 Å². The van der Waals surface area contributed by atoms with Crippen LogP contribution in [-0.4, -0.2) is 37.2 Å². The molecular weight excluding hydrogens is 745 g/mol. The first-order valence-corrected chi connectivity index (χ1v) is 23.3. The van der Waals surface area contributed by atoms with Gasteiger partial charge in [0, 0.05) is 19.3 Å². The lowest BCUT2D eigenvalue weighted by Crippen LogP contribution is -2.30.